The number of rotatable bonds is 6. The average Bonchev–Trinajstić information content (AvgIpc) is 3.09. The van der Waals surface area contributed by atoms with Gasteiger partial charge in [0.1, 0.15) is 5.75 Å². The van der Waals surface area contributed by atoms with Crippen LogP contribution < -0.4 is 4.74 Å². The van der Waals surface area contributed by atoms with Crippen molar-refractivity contribution in [2.75, 3.05) is 12.4 Å². The minimum atomic E-state index is 0.514. The van der Waals surface area contributed by atoms with Gasteiger partial charge in [-0.3, -0.25) is 0 Å². The van der Waals surface area contributed by atoms with Gasteiger partial charge < -0.3 is 9.15 Å². The summed E-state index contributed by atoms with van der Waals surface area (Å²) >= 11 is 1.45. The van der Waals surface area contributed by atoms with Gasteiger partial charge in [-0.25, -0.2) is 0 Å². The van der Waals surface area contributed by atoms with Gasteiger partial charge in [-0.2, -0.15) is 5.26 Å². The summed E-state index contributed by atoms with van der Waals surface area (Å²) in [5.74, 6) is 1.94. The zero-order valence-electron chi connectivity index (χ0n) is 12.2. The molecule has 0 unspecified atom stereocenters. The molecule has 0 N–H and O–H groups in total. The predicted octanol–water partition coefficient (Wildman–Crippen LogP) is 3.78. The lowest BCUT2D eigenvalue weighted by Crippen LogP contribution is -1.99. The van der Waals surface area contributed by atoms with Gasteiger partial charge in [0.25, 0.3) is 5.22 Å². The van der Waals surface area contributed by atoms with E-state index in [-0.39, 0.29) is 0 Å². The Labute approximate surface area is 137 Å². The van der Waals surface area contributed by atoms with Crippen molar-refractivity contribution in [2.24, 2.45) is 0 Å². The van der Waals surface area contributed by atoms with E-state index in [2.05, 4.69) is 16.3 Å². The first kappa shape index (κ1) is 15.1. The second-order valence-corrected chi connectivity index (χ2v) is 5.62. The second kappa shape index (κ2) is 7.47. The number of thioether (sulfide) groups is 1. The highest BCUT2D eigenvalue weighted by Crippen LogP contribution is 2.22. The first-order valence-electron chi connectivity index (χ1n) is 7.00. The van der Waals surface area contributed by atoms with E-state index in [0.29, 0.717) is 29.0 Å². The Balaban J connectivity index is 1.47. The molecule has 3 aromatic rings. The Hall–Kier alpha value is -2.78. The minimum Gasteiger partial charge on any atom is -0.493 e. The van der Waals surface area contributed by atoms with Crippen molar-refractivity contribution in [1.82, 2.24) is 10.2 Å². The Morgan fingerprint density at radius 2 is 1.83 bits per heavy atom. The number of aromatic nitrogens is 2. The molecule has 0 spiro atoms. The molecule has 23 heavy (non-hydrogen) atoms. The first-order chi connectivity index (χ1) is 11.3. The fourth-order valence-electron chi connectivity index (χ4n) is 1.88. The zero-order chi connectivity index (χ0) is 15.9. The maximum Gasteiger partial charge on any atom is 0.276 e. The number of ether oxygens (including phenoxy) is 1. The van der Waals surface area contributed by atoms with Crippen LogP contribution in [0.5, 0.6) is 5.75 Å². The van der Waals surface area contributed by atoms with Crippen molar-refractivity contribution >= 4 is 11.8 Å². The molecule has 5 nitrogen and oxygen atoms in total. The molecule has 0 fully saturated rings. The largest absolute Gasteiger partial charge is 0.493 e. The maximum absolute atomic E-state index is 8.74. The fourth-order valence-corrected chi connectivity index (χ4v) is 2.46. The Bertz CT molecular complexity index is 795. The van der Waals surface area contributed by atoms with Crippen LogP contribution in [0, 0.1) is 11.3 Å². The van der Waals surface area contributed by atoms with Gasteiger partial charge in [-0.05, 0) is 36.4 Å². The lowest BCUT2D eigenvalue weighted by molar-refractivity contribution is 0.343. The first-order valence-corrected chi connectivity index (χ1v) is 7.98. The van der Waals surface area contributed by atoms with Gasteiger partial charge in [0.05, 0.1) is 18.2 Å². The Morgan fingerprint density at radius 3 is 2.57 bits per heavy atom. The standard InChI is InChI=1S/C17H13N3O2S/c18-12-13-6-8-15(9-7-13)21-10-11-23-17-20-19-16(22-17)14-4-2-1-3-5-14/h1-9H,10-11H2. The third-order valence-electron chi connectivity index (χ3n) is 2.99. The summed E-state index contributed by atoms with van der Waals surface area (Å²) in [6.45, 7) is 0.514. The minimum absolute atomic E-state index is 0.514. The van der Waals surface area contributed by atoms with E-state index >= 15 is 0 Å². The van der Waals surface area contributed by atoms with Crippen LogP contribution in [0.1, 0.15) is 5.56 Å². The van der Waals surface area contributed by atoms with E-state index in [1.54, 1.807) is 24.3 Å². The molecule has 6 heteroatoms. The molecule has 0 atom stereocenters. The van der Waals surface area contributed by atoms with Crippen LogP contribution in [-0.2, 0) is 0 Å². The second-order valence-electron chi connectivity index (χ2n) is 4.57. The van der Waals surface area contributed by atoms with Crippen LogP contribution in [0.15, 0.2) is 64.2 Å². The Morgan fingerprint density at radius 1 is 1.04 bits per heavy atom. The molecule has 2 aromatic carbocycles. The van der Waals surface area contributed by atoms with Gasteiger partial charge in [0, 0.05) is 11.3 Å². The molecule has 0 aliphatic carbocycles. The number of hydrogen-bond donors (Lipinski definition) is 0. The van der Waals surface area contributed by atoms with E-state index in [0.717, 1.165) is 11.3 Å². The van der Waals surface area contributed by atoms with E-state index in [1.807, 2.05) is 30.3 Å². The van der Waals surface area contributed by atoms with Crippen molar-refractivity contribution < 1.29 is 9.15 Å². The van der Waals surface area contributed by atoms with E-state index < -0.39 is 0 Å². The summed E-state index contributed by atoms with van der Waals surface area (Å²) in [6.07, 6.45) is 0. The van der Waals surface area contributed by atoms with Crippen LogP contribution in [0.3, 0.4) is 0 Å². The van der Waals surface area contributed by atoms with Gasteiger partial charge in [0.2, 0.25) is 5.89 Å². The van der Waals surface area contributed by atoms with Gasteiger partial charge in [-0.1, -0.05) is 30.0 Å². The summed E-state index contributed by atoms with van der Waals surface area (Å²) in [6, 6.07) is 18.7. The van der Waals surface area contributed by atoms with Crippen molar-refractivity contribution in [2.45, 2.75) is 5.22 Å². The average molecular weight is 323 g/mol. The van der Waals surface area contributed by atoms with Gasteiger partial charge in [0.15, 0.2) is 0 Å². The lowest BCUT2D eigenvalue weighted by Gasteiger charge is -2.04. The smallest absolute Gasteiger partial charge is 0.276 e. The summed E-state index contributed by atoms with van der Waals surface area (Å²) in [5.41, 5.74) is 1.52. The number of nitriles is 1. The van der Waals surface area contributed by atoms with E-state index in [1.165, 1.54) is 11.8 Å². The van der Waals surface area contributed by atoms with Crippen molar-refractivity contribution in [3.05, 3.63) is 60.2 Å². The number of hydrogen-bond acceptors (Lipinski definition) is 6. The topological polar surface area (TPSA) is 71.9 Å². The molecule has 0 aliphatic heterocycles. The predicted molar refractivity (Wildman–Crippen MR) is 87.1 cm³/mol. The summed E-state index contributed by atoms with van der Waals surface area (Å²) in [4.78, 5) is 0. The molecule has 114 valence electrons. The molecule has 1 heterocycles. The maximum atomic E-state index is 8.74. The zero-order valence-corrected chi connectivity index (χ0v) is 13.0. The monoisotopic (exact) mass is 323 g/mol. The third-order valence-corrected chi connectivity index (χ3v) is 3.77. The van der Waals surface area contributed by atoms with Crippen LogP contribution in [0.2, 0.25) is 0 Å². The van der Waals surface area contributed by atoms with Gasteiger partial charge >= 0.3 is 0 Å². The molecular formula is C17H13N3O2S. The van der Waals surface area contributed by atoms with Crippen LogP contribution in [0.25, 0.3) is 11.5 Å². The number of nitrogens with zero attached hydrogens (tertiary/aromatic N) is 3. The van der Waals surface area contributed by atoms with Crippen molar-refractivity contribution in [3.8, 4) is 23.3 Å². The highest BCUT2D eigenvalue weighted by molar-refractivity contribution is 7.99. The highest BCUT2D eigenvalue weighted by atomic mass is 32.2. The van der Waals surface area contributed by atoms with Crippen molar-refractivity contribution in [1.29, 1.82) is 5.26 Å². The van der Waals surface area contributed by atoms with Gasteiger partial charge in [-0.15, -0.1) is 10.2 Å². The molecule has 0 amide bonds. The van der Waals surface area contributed by atoms with Crippen LogP contribution in [-0.4, -0.2) is 22.6 Å². The summed E-state index contributed by atoms with van der Waals surface area (Å²) in [7, 11) is 0. The molecule has 0 radical (unpaired) electrons. The van der Waals surface area contributed by atoms with Crippen LogP contribution in [0.4, 0.5) is 0 Å². The van der Waals surface area contributed by atoms with Crippen LogP contribution >= 0.6 is 11.8 Å². The molecule has 0 bridgehead atoms. The van der Waals surface area contributed by atoms with Crippen molar-refractivity contribution in [3.63, 3.8) is 0 Å². The fraction of sp³-hybridized carbons (Fsp3) is 0.118. The third kappa shape index (κ3) is 4.11. The molecule has 0 aliphatic rings. The molecule has 1 aromatic heterocycles. The molecule has 3 rings (SSSR count). The Kier molecular flexibility index (Phi) is 4.92. The quantitative estimate of drug-likeness (QED) is 0.508. The SMILES string of the molecule is N#Cc1ccc(OCCSc2nnc(-c3ccccc3)o2)cc1. The summed E-state index contributed by atoms with van der Waals surface area (Å²) in [5, 5.41) is 17.3. The normalized spacial score (nSPS) is 10.2. The highest BCUT2D eigenvalue weighted by Gasteiger charge is 2.08. The van der Waals surface area contributed by atoms with E-state index in [9.17, 15) is 0 Å². The lowest BCUT2D eigenvalue weighted by atomic mass is 10.2. The summed E-state index contributed by atoms with van der Waals surface area (Å²) < 4.78 is 11.2. The number of benzene rings is 2. The molecule has 0 saturated heterocycles. The van der Waals surface area contributed by atoms with E-state index in [4.69, 9.17) is 14.4 Å². The molecule has 0 saturated carbocycles. The molecular weight excluding hydrogens is 310 g/mol.